The number of aryl methyl sites for hydroxylation is 1. The van der Waals surface area contributed by atoms with E-state index in [1.807, 2.05) is 0 Å². The molecule has 1 aliphatic rings. The summed E-state index contributed by atoms with van der Waals surface area (Å²) in [5, 5.41) is 16.6. The molecule has 0 saturated carbocycles. The summed E-state index contributed by atoms with van der Waals surface area (Å²) >= 11 is 3.33. The normalized spacial score (nSPS) is 17.4. The Balaban J connectivity index is 1.85. The van der Waals surface area contributed by atoms with Crippen molar-refractivity contribution in [3.05, 3.63) is 39.7 Å². The summed E-state index contributed by atoms with van der Waals surface area (Å²) in [6, 6.07) is 4.88. The molecule has 1 unspecified atom stereocenters. The monoisotopic (exact) mass is 392 g/mol. The van der Waals surface area contributed by atoms with Gasteiger partial charge in [-0.3, -0.25) is 4.79 Å². The number of aromatic hydroxyl groups is 1. The van der Waals surface area contributed by atoms with Crippen molar-refractivity contribution in [2.75, 3.05) is 5.32 Å². The zero-order valence-electron chi connectivity index (χ0n) is 14.0. The summed E-state index contributed by atoms with van der Waals surface area (Å²) in [7, 11) is 0. The van der Waals surface area contributed by atoms with Crippen LogP contribution in [0.4, 0.5) is 5.69 Å². The zero-order chi connectivity index (χ0) is 17.5. The number of nitrogens with one attached hydrogen (secondary N) is 1. The third-order valence-corrected chi connectivity index (χ3v) is 5.18. The highest BCUT2D eigenvalue weighted by molar-refractivity contribution is 9.10. The molecule has 128 valence electrons. The fourth-order valence-corrected chi connectivity index (χ4v) is 3.47. The number of carbonyl (C=O) groups is 1. The largest absolute Gasteiger partial charge is 0.506 e. The van der Waals surface area contributed by atoms with E-state index < -0.39 is 0 Å². The first-order valence-electron chi connectivity index (χ1n) is 8.03. The van der Waals surface area contributed by atoms with E-state index in [1.54, 1.807) is 12.1 Å². The number of halogens is 1. The van der Waals surface area contributed by atoms with Crippen molar-refractivity contribution in [3.8, 4) is 5.75 Å². The average Bonchev–Trinajstić information content (AvgIpc) is 2.93. The Kier molecular flexibility index (Phi) is 4.42. The summed E-state index contributed by atoms with van der Waals surface area (Å²) in [6.45, 7) is 6.65. The van der Waals surface area contributed by atoms with Gasteiger partial charge in [0.15, 0.2) is 5.69 Å². The summed E-state index contributed by atoms with van der Waals surface area (Å²) in [5.41, 5.74) is 1.73. The van der Waals surface area contributed by atoms with Gasteiger partial charge < -0.3 is 14.9 Å². The second-order valence-electron chi connectivity index (χ2n) is 7.35. The Morgan fingerprint density at radius 2 is 2.17 bits per heavy atom. The molecule has 5 nitrogen and oxygen atoms in total. The van der Waals surface area contributed by atoms with Gasteiger partial charge >= 0.3 is 0 Å². The molecule has 1 heterocycles. The summed E-state index contributed by atoms with van der Waals surface area (Å²) < 4.78 is 6.15. The number of fused-ring (bicyclic) bond motifs is 1. The number of phenolic OH excluding ortho intramolecular Hbond substituents is 1. The van der Waals surface area contributed by atoms with Gasteiger partial charge in [-0.2, -0.15) is 0 Å². The molecule has 0 saturated heterocycles. The maximum absolute atomic E-state index is 12.6. The number of amides is 1. The van der Waals surface area contributed by atoms with E-state index in [0.29, 0.717) is 17.3 Å². The Bertz CT molecular complexity index is 777. The molecule has 0 fully saturated rings. The van der Waals surface area contributed by atoms with Gasteiger partial charge in [0.1, 0.15) is 11.5 Å². The lowest BCUT2D eigenvalue weighted by molar-refractivity contribution is 0.101. The summed E-state index contributed by atoms with van der Waals surface area (Å²) in [5.74, 6) is 0.939. The van der Waals surface area contributed by atoms with Crippen LogP contribution in [0, 0.1) is 11.3 Å². The molecule has 1 aliphatic carbocycles. The molecule has 3 rings (SSSR count). The van der Waals surface area contributed by atoms with Gasteiger partial charge in [0.05, 0.1) is 5.69 Å². The quantitative estimate of drug-likeness (QED) is 0.735. The predicted molar refractivity (Wildman–Crippen MR) is 95.2 cm³/mol. The van der Waals surface area contributed by atoms with Crippen LogP contribution in [0.15, 0.2) is 27.2 Å². The van der Waals surface area contributed by atoms with Crippen LogP contribution in [0.2, 0.25) is 0 Å². The number of carbonyl (C=O) groups excluding carboxylic acids is 1. The van der Waals surface area contributed by atoms with Crippen molar-refractivity contribution in [2.24, 2.45) is 11.3 Å². The number of hydrogen-bond donors (Lipinski definition) is 2. The number of aromatic nitrogens is 1. The van der Waals surface area contributed by atoms with E-state index in [4.69, 9.17) is 4.52 Å². The van der Waals surface area contributed by atoms with Crippen molar-refractivity contribution >= 4 is 27.5 Å². The number of anilines is 1. The Morgan fingerprint density at radius 3 is 2.88 bits per heavy atom. The van der Waals surface area contributed by atoms with Crippen molar-refractivity contribution < 1.29 is 14.4 Å². The molecule has 1 amide bonds. The zero-order valence-corrected chi connectivity index (χ0v) is 15.6. The van der Waals surface area contributed by atoms with E-state index in [9.17, 15) is 9.90 Å². The van der Waals surface area contributed by atoms with Gasteiger partial charge in [-0.05, 0) is 42.4 Å². The first-order valence-corrected chi connectivity index (χ1v) is 8.82. The summed E-state index contributed by atoms with van der Waals surface area (Å²) in [4.78, 5) is 12.6. The fourth-order valence-electron chi connectivity index (χ4n) is 3.11. The average molecular weight is 393 g/mol. The molecule has 0 bridgehead atoms. The van der Waals surface area contributed by atoms with E-state index in [0.717, 1.165) is 35.1 Å². The lowest BCUT2D eigenvalue weighted by atomic mass is 9.71. The molecule has 0 aliphatic heterocycles. The molecular weight excluding hydrogens is 372 g/mol. The van der Waals surface area contributed by atoms with Gasteiger partial charge in [0.2, 0.25) is 0 Å². The smallest absolute Gasteiger partial charge is 0.278 e. The number of hydrogen-bond acceptors (Lipinski definition) is 4. The van der Waals surface area contributed by atoms with Crippen LogP contribution >= 0.6 is 15.9 Å². The van der Waals surface area contributed by atoms with Crippen molar-refractivity contribution in [1.82, 2.24) is 5.16 Å². The van der Waals surface area contributed by atoms with Crippen LogP contribution < -0.4 is 5.32 Å². The lowest BCUT2D eigenvalue weighted by Crippen LogP contribution is -2.27. The van der Waals surface area contributed by atoms with Crippen molar-refractivity contribution in [3.63, 3.8) is 0 Å². The number of phenols is 1. The topological polar surface area (TPSA) is 75.4 Å². The van der Waals surface area contributed by atoms with Gasteiger partial charge in [-0.15, -0.1) is 0 Å². The van der Waals surface area contributed by atoms with Crippen LogP contribution in [0.25, 0.3) is 0 Å². The summed E-state index contributed by atoms with van der Waals surface area (Å²) in [6.07, 6.45) is 2.63. The molecule has 0 spiro atoms. The standard InChI is InChI=1S/C18H21BrN2O3/c1-18(2,3)10-4-7-15-12(8-10)16(21-24-15)17(23)20-13-9-11(19)5-6-14(13)22/h5-6,9-10,22H,4,7-8H2,1-3H3,(H,20,23). The lowest BCUT2D eigenvalue weighted by Gasteiger charge is -2.33. The second-order valence-corrected chi connectivity index (χ2v) is 8.27. The van der Waals surface area contributed by atoms with Crippen LogP contribution in [0.5, 0.6) is 5.75 Å². The van der Waals surface area contributed by atoms with Crippen molar-refractivity contribution in [1.29, 1.82) is 0 Å². The van der Waals surface area contributed by atoms with E-state index in [2.05, 4.69) is 47.2 Å². The first-order chi connectivity index (χ1) is 11.3. The number of benzene rings is 1. The van der Waals surface area contributed by atoms with Crippen LogP contribution in [-0.2, 0) is 12.8 Å². The maximum atomic E-state index is 12.6. The molecule has 2 N–H and O–H groups in total. The fraction of sp³-hybridized carbons (Fsp3) is 0.444. The third-order valence-electron chi connectivity index (χ3n) is 4.69. The van der Waals surface area contributed by atoms with Gasteiger partial charge in [0, 0.05) is 16.5 Å². The number of rotatable bonds is 2. The predicted octanol–water partition coefficient (Wildman–Crippen LogP) is 4.55. The highest BCUT2D eigenvalue weighted by Gasteiger charge is 2.34. The molecule has 1 aromatic heterocycles. The molecule has 24 heavy (non-hydrogen) atoms. The molecular formula is C18H21BrN2O3. The minimum Gasteiger partial charge on any atom is -0.506 e. The Morgan fingerprint density at radius 1 is 1.42 bits per heavy atom. The van der Waals surface area contributed by atoms with Crippen LogP contribution in [-0.4, -0.2) is 16.2 Å². The minimum atomic E-state index is -0.358. The molecule has 6 heteroatoms. The van der Waals surface area contributed by atoms with Gasteiger partial charge in [-0.25, -0.2) is 0 Å². The molecule has 1 aromatic carbocycles. The minimum absolute atomic E-state index is 0.0106. The van der Waals surface area contributed by atoms with Crippen LogP contribution in [0.3, 0.4) is 0 Å². The van der Waals surface area contributed by atoms with E-state index in [-0.39, 0.29) is 17.1 Å². The molecule has 0 radical (unpaired) electrons. The SMILES string of the molecule is CC(C)(C)C1CCc2onc(C(=O)Nc3cc(Br)ccc3O)c2C1. The van der Waals surface area contributed by atoms with Gasteiger partial charge in [0.25, 0.3) is 5.91 Å². The molecule has 2 aromatic rings. The third kappa shape index (κ3) is 3.34. The van der Waals surface area contributed by atoms with Gasteiger partial charge in [-0.1, -0.05) is 41.9 Å². The second kappa shape index (κ2) is 6.24. The van der Waals surface area contributed by atoms with E-state index >= 15 is 0 Å². The highest BCUT2D eigenvalue weighted by atomic mass is 79.9. The highest BCUT2D eigenvalue weighted by Crippen LogP contribution is 2.38. The molecule has 1 atom stereocenters. The van der Waals surface area contributed by atoms with Crippen LogP contribution in [0.1, 0.15) is 49.0 Å². The first kappa shape index (κ1) is 17.0. The van der Waals surface area contributed by atoms with Crippen molar-refractivity contribution in [2.45, 2.75) is 40.0 Å². The van der Waals surface area contributed by atoms with E-state index in [1.165, 1.54) is 6.07 Å². The Labute approximate surface area is 149 Å². The Hall–Kier alpha value is -1.82. The maximum Gasteiger partial charge on any atom is 0.278 e. The number of nitrogens with zero attached hydrogens (tertiary/aromatic N) is 1.